The summed E-state index contributed by atoms with van der Waals surface area (Å²) in [5.41, 5.74) is 5.28. The summed E-state index contributed by atoms with van der Waals surface area (Å²) in [5, 5.41) is 6.50. The summed E-state index contributed by atoms with van der Waals surface area (Å²) in [4.78, 5) is 27.9. The Hall–Kier alpha value is -3.19. The fourth-order valence-electron chi connectivity index (χ4n) is 4.97. The van der Waals surface area contributed by atoms with E-state index in [2.05, 4.69) is 36.9 Å². The average molecular weight is 478 g/mol. The first-order valence-electron chi connectivity index (χ1n) is 12.4. The van der Waals surface area contributed by atoms with Crippen LogP contribution in [0.1, 0.15) is 54.5 Å². The van der Waals surface area contributed by atoms with Crippen LogP contribution in [-0.4, -0.2) is 60.8 Å². The standard InChI is InChI=1S/C28H35N3O4/c1-5-35-28(33)22-9-7-13-30(17-22)18-27(32)31-26(21-8-6-10-23(15-21)34-4)16-25(29-31)24-14-19(2)11-12-20(24)3/h6,8,10-12,14-15,22,26H,5,7,9,13,16-18H2,1-4H3/t22-,26+/m0/s1. The van der Waals surface area contributed by atoms with Crippen LogP contribution in [0.25, 0.3) is 0 Å². The monoisotopic (exact) mass is 477 g/mol. The zero-order valence-corrected chi connectivity index (χ0v) is 21.1. The van der Waals surface area contributed by atoms with Crippen LogP contribution in [0.4, 0.5) is 0 Å². The molecule has 0 bridgehead atoms. The van der Waals surface area contributed by atoms with Gasteiger partial charge in [0.05, 0.1) is 37.9 Å². The molecule has 2 heterocycles. The molecule has 0 saturated carbocycles. The number of hydrogen-bond donors (Lipinski definition) is 0. The van der Waals surface area contributed by atoms with E-state index in [1.807, 2.05) is 31.2 Å². The average Bonchev–Trinajstić information content (AvgIpc) is 3.31. The van der Waals surface area contributed by atoms with Gasteiger partial charge in [0.15, 0.2) is 0 Å². The topological polar surface area (TPSA) is 71.4 Å². The van der Waals surface area contributed by atoms with Crippen LogP contribution >= 0.6 is 0 Å². The lowest BCUT2D eigenvalue weighted by molar-refractivity contribution is -0.150. The van der Waals surface area contributed by atoms with Crippen molar-refractivity contribution in [3.8, 4) is 5.75 Å². The quantitative estimate of drug-likeness (QED) is 0.557. The van der Waals surface area contributed by atoms with Crippen molar-refractivity contribution in [2.45, 2.75) is 46.1 Å². The number of rotatable bonds is 7. The number of piperidine rings is 1. The highest BCUT2D eigenvalue weighted by Crippen LogP contribution is 2.35. The van der Waals surface area contributed by atoms with Gasteiger partial charge in [0.2, 0.25) is 0 Å². The van der Waals surface area contributed by atoms with Crippen LogP contribution in [0.5, 0.6) is 5.75 Å². The largest absolute Gasteiger partial charge is 0.497 e. The molecular formula is C28H35N3O4. The second-order valence-corrected chi connectivity index (χ2v) is 9.43. The minimum Gasteiger partial charge on any atom is -0.497 e. The van der Waals surface area contributed by atoms with Gasteiger partial charge in [-0.3, -0.25) is 14.5 Å². The second-order valence-electron chi connectivity index (χ2n) is 9.43. The van der Waals surface area contributed by atoms with E-state index in [-0.39, 0.29) is 30.4 Å². The van der Waals surface area contributed by atoms with Crippen molar-refractivity contribution < 1.29 is 19.1 Å². The fourth-order valence-corrected chi connectivity index (χ4v) is 4.97. The van der Waals surface area contributed by atoms with Gasteiger partial charge >= 0.3 is 5.97 Å². The summed E-state index contributed by atoms with van der Waals surface area (Å²) < 4.78 is 10.7. The number of hydrazone groups is 1. The smallest absolute Gasteiger partial charge is 0.310 e. The normalized spacial score (nSPS) is 20.5. The predicted molar refractivity (Wildman–Crippen MR) is 135 cm³/mol. The van der Waals surface area contributed by atoms with Crippen molar-refractivity contribution in [3.63, 3.8) is 0 Å². The van der Waals surface area contributed by atoms with E-state index in [4.69, 9.17) is 14.6 Å². The van der Waals surface area contributed by atoms with Crippen LogP contribution in [0.2, 0.25) is 0 Å². The van der Waals surface area contributed by atoms with Crippen LogP contribution < -0.4 is 4.74 Å². The molecule has 2 atom stereocenters. The summed E-state index contributed by atoms with van der Waals surface area (Å²) >= 11 is 0. The summed E-state index contributed by atoms with van der Waals surface area (Å²) in [6.45, 7) is 7.88. The number of ether oxygens (including phenoxy) is 2. The maximum absolute atomic E-state index is 13.6. The van der Waals surface area contributed by atoms with Gasteiger partial charge in [-0.25, -0.2) is 5.01 Å². The molecule has 186 valence electrons. The molecule has 7 nitrogen and oxygen atoms in total. The summed E-state index contributed by atoms with van der Waals surface area (Å²) in [7, 11) is 1.64. The number of esters is 1. The molecule has 0 aromatic heterocycles. The van der Waals surface area contributed by atoms with Crippen molar-refractivity contribution in [1.82, 2.24) is 9.91 Å². The number of carbonyl (C=O) groups is 2. The van der Waals surface area contributed by atoms with Crippen molar-refractivity contribution >= 4 is 17.6 Å². The molecule has 0 radical (unpaired) electrons. The molecule has 1 amide bonds. The van der Waals surface area contributed by atoms with E-state index in [0.717, 1.165) is 53.1 Å². The highest BCUT2D eigenvalue weighted by atomic mass is 16.5. The van der Waals surface area contributed by atoms with Crippen LogP contribution in [0.3, 0.4) is 0 Å². The number of methoxy groups -OCH3 is 1. The van der Waals surface area contributed by atoms with Crippen molar-refractivity contribution in [2.75, 3.05) is 33.4 Å². The van der Waals surface area contributed by atoms with E-state index >= 15 is 0 Å². The third kappa shape index (κ3) is 5.73. The van der Waals surface area contributed by atoms with Gasteiger partial charge in [-0.05, 0) is 69.5 Å². The highest BCUT2D eigenvalue weighted by molar-refractivity contribution is 6.04. The Balaban J connectivity index is 1.59. The van der Waals surface area contributed by atoms with Crippen LogP contribution in [0, 0.1) is 19.8 Å². The van der Waals surface area contributed by atoms with Crippen LogP contribution in [0.15, 0.2) is 47.6 Å². The number of likely N-dealkylation sites (tertiary alicyclic amines) is 1. The zero-order valence-electron chi connectivity index (χ0n) is 21.1. The zero-order chi connectivity index (χ0) is 24.9. The predicted octanol–water partition coefficient (Wildman–Crippen LogP) is 4.26. The SMILES string of the molecule is CCOC(=O)[C@H]1CCCN(CC(=O)N2N=C(c3cc(C)ccc3C)C[C@@H]2c2cccc(OC)c2)C1. The maximum atomic E-state index is 13.6. The Morgan fingerprint density at radius 1 is 1.14 bits per heavy atom. The summed E-state index contributed by atoms with van der Waals surface area (Å²) in [5.74, 6) is 0.333. The number of benzene rings is 2. The number of aryl methyl sites for hydroxylation is 2. The van der Waals surface area contributed by atoms with Crippen molar-refractivity contribution in [3.05, 3.63) is 64.7 Å². The maximum Gasteiger partial charge on any atom is 0.310 e. The lowest BCUT2D eigenvalue weighted by Crippen LogP contribution is -2.44. The fraction of sp³-hybridized carbons (Fsp3) is 0.464. The highest BCUT2D eigenvalue weighted by Gasteiger charge is 2.35. The van der Waals surface area contributed by atoms with Gasteiger partial charge in [0.1, 0.15) is 5.75 Å². The van der Waals surface area contributed by atoms with E-state index in [0.29, 0.717) is 19.6 Å². The minimum absolute atomic E-state index is 0.0670. The Bertz CT molecular complexity index is 1110. The molecule has 0 unspecified atom stereocenters. The first kappa shape index (κ1) is 24.9. The molecule has 4 rings (SSSR count). The van der Waals surface area contributed by atoms with Gasteiger partial charge in [-0.2, -0.15) is 5.10 Å². The molecule has 1 saturated heterocycles. The molecule has 0 N–H and O–H groups in total. The number of hydrogen-bond acceptors (Lipinski definition) is 6. The van der Waals surface area contributed by atoms with E-state index < -0.39 is 0 Å². The van der Waals surface area contributed by atoms with Gasteiger partial charge in [0.25, 0.3) is 5.91 Å². The lowest BCUT2D eigenvalue weighted by Gasteiger charge is -2.32. The van der Waals surface area contributed by atoms with Gasteiger partial charge in [0, 0.05) is 18.5 Å². The molecule has 0 spiro atoms. The summed E-state index contributed by atoms with van der Waals surface area (Å²) in [6, 6.07) is 14.0. The molecule has 1 fully saturated rings. The molecular weight excluding hydrogens is 442 g/mol. The Kier molecular flexibility index (Phi) is 7.86. The van der Waals surface area contributed by atoms with Crippen molar-refractivity contribution in [2.24, 2.45) is 11.0 Å². The van der Waals surface area contributed by atoms with Gasteiger partial charge in [-0.1, -0.05) is 29.8 Å². The first-order chi connectivity index (χ1) is 16.9. The molecule has 7 heteroatoms. The lowest BCUT2D eigenvalue weighted by atomic mass is 9.95. The van der Waals surface area contributed by atoms with Crippen LogP contribution in [-0.2, 0) is 14.3 Å². The molecule has 35 heavy (non-hydrogen) atoms. The van der Waals surface area contributed by atoms with Gasteiger partial charge < -0.3 is 9.47 Å². The van der Waals surface area contributed by atoms with E-state index in [1.165, 1.54) is 0 Å². The Labute approximate surface area is 207 Å². The van der Waals surface area contributed by atoms with E-state index in [9.17, 15) is 9.59 Å². The Morgan fingerprint density at radius 3 is 2.74 bits per heavy atom. The van der Waals surface area contributed by atoms with Gasteiger partial charge in [-0.15, -0.1) is 0 Å². The molecule has 2 aliphatic heterocycles. The summed E-state index contributed by atoms with van der Waals surface area (Å²) in [6.07, 6.45) is 2.30. The minimum atomic E-state index is -0.210. The van der Waals surface area contributed by atoms with E-state index in [1.54, 1.807) is 12.1 Å². The first-order valence-corrected chi connectivity index (χ1v) is 12.4. The number of amides is 1. The number of carbonyl (C=O) groups excluding carboxylic acids is 2. The van der Waals surface area contributed by atoms with Crippen molar-refractivity contribution in [1.29, 1.82) is 0 Å². The molecule has 2 aromatic carbocycles. The second kappa shape index (κ2) is 11.0. The third-order valence-corrected chi connectivity index (χ3v) is 6.83. The molecule has 2 aromatic rings. The molecule has 0 aliphatic carbocycles. The Morgan fingerprint density at radius 2 is 1.97 bits per heavy atom. The number of nitrogens with zero attached hydrogens (tertiary/aromatic N) is 3. The third-order valence-electron chi connectivity index (χ3n) is 6.83. The molecule has 2 aliphatic rings.